The Labute approximate surface area is 262 Å². The maximum atomic E-state index is 14.5. The lowest BCUT2D eigenvalue weighted by Crippen LogP contribution is -2.60. The molecule has 0 spiro atoms. The summed E-state index contributed by atoms with van der Waals surface area (Å²) >= 11 is 0. The second-order valence-electron chi connectivity index (χ2n) is 11.7. The van der Waals surface area contributed by atoms with Crippen LogP contribution in [-0.4, -0.2) is 78.1 Å². The van der Waals surface area contributed by atoms with E-state index in [9.17, 15) is 14.4 Å². The quantitative estimate of drug-likeness (QED) is 0.235. The van der Waals surface area contributed by atoms with Gasteiger partial charge in [-0.3, -0.25) is 14.4 Å². The van der Waals surface area contributed by atoms with Gasteiger partial charge < -0.3 is 30.7 Å². The third-order valence-corrected chi connectivity index (χ3v) is 7.50. The zero-order valence-corrected chi connectivity index (χ0v) is 26.4. The molecule has 2 aromatic heterocycles. The molecule has 4 N–H and O–H groups in total. The Hall–Kier alpha value is -4.80. The van der Waals surface area contributed by atoms with Crippen molar-refractivity contribution in [1.29, 1.82) is 0 Å². The normalized spacial score (nSPS) is 15.9. The molecule has 3 atom stereocenters. The van der Waals surface area contributed by atoms with E-state index in [2.05, 4.69) is 42.1 Å². The Morgan fingerprint density at radius 1 is 1.20 bits per heavy atom. The molecule has 4 rings (SSSR count). The van der Waals surface area contributed by atoms with Crippen molar-refractivity contribution in [1.82, 2.24) is 30.9 Å². The van der Waals surface area contributed by atoms with Crippen molar-refractivity contribution in [3.63, 3.8) is 0 Å². The largest absolute Gasteiger partial charge is 0.494 e. The van der Waals surface area contributed by atoms with E-state index >= 15 is 0 Å². The highest BCUT2D eigenvalue weighted by Crippen LogP contribution is 2.37. The van der Waals surface area contributed by atoms with E-state index in [1.165, 1.54) is 13.4 Å². The molecule has 45 heavy (non-hydrogen) atoms. The van der Waals surface area contributed by atoms with Gasteiger partial charge in [0, 0.05) is 17.5 Å². The molecule has 238 valence electrons. The van der Waals surface area contributed by atoms with Crippen molar-refractivity contribution in [3.8, 4) is 24.0 Å². The molecule has 1 aromatic carbocycles. The van der Waals surface area contributed by atoms with Crippen LogP contribution in [-0.2, 0) is 14.4 Å². The van der Waals surface area contributed by atoms with Gasteiger partial charge in [0.25, 0.3) is 11.8 Å². The highest BCUT2D eigenvalue weighted by atomic mass is 16.5. The second-order valence-corrected chi connectivity index (χ2v) is 11.7. The monoisotopic (exact) mass is 616 g/mol. The van der Waals surface area contributed by atoms with Crippen LogP contribution in [0.25, 0.3) is 10.9 Å². The fraction of sp³-hybridized carbons (Fsp3) is 0.438. The van der Waals surface area contributed by atoms with Crippen LogP contribution in [0.2, 0.25) is 0 Å². The SMILES string of the molecule is C#CCOc1ccc(Nc2ncnc3cc(OC)c(N(C(=O)[C@@H]4CCCN4)C(=O)[C@@H](NC(=O)[C@H](C)NC)C(C)(C)C)cc23)cn1. The van der Waals surface area contributed by atoms with Gasteiger partial charge in [0.05, 0.1) is 42.3 Å². The predicted molar refractivity (Wildman–Crippen MR) is 171 cm³/mol. The lowest BCUT2D eigenvalue weighted by molar-refractivity contribution is -0.134. The molecule has 0 bridgehead atoms. The number of aromatic nitrogens is 3. The van der Waals surface area contributed by atoms with Gasteiger partial charge in [-0.05, 0) is 50.9 Å². The maximum absolute atomic E-state index is 14.5. The minimum atomic E-state index is -1.04. The molecule has 1 saturated heterocycles. The summed E-state index contributed by atoms with van der Waals surface area (Å²) in [6, 6.07) is 4.53. The molecule has 3 amide bonds. The number of benzene rings is 1. The predicted octanol–water partition coefficient (Wildman–Crippen LogP) is 2.54. The first-order chi connectivity index (χ1) is 21.5. The van der Waals surface area contributed by atoms with Crippen molar-refractivity contribution in [2.45, 2.75) is 58.7 Å². The number of carbonyl (C=O) groups excluding carboxylic acids is 3. The number of fused-ring (bicyclic) bond motifs is 1. The van der Waals surface area contributed by atoms with Crippen LogP contribution in [0.4, 0.5) is 17.2 Å². The molecule has 0 aliphatic carbocycles. The number of amides is 3. The minimum Gasteiger partial charge on any atom is -0.494 e. The Morgan fingerprint density at radius 3 is 2.58 bits per heavy atom. The van der Waals surface area contributed by atoms with E-state index in [4.69, 9.17) is 15.9 Å². The number of rotatable bonds is 11. The number of carbonyl (C=O) groups is 3. The van der Waals surface area contributed by atoms with Crippen LogP contribution in [0, 0.1) is 17.8 Å². The van der Waals surface area contributed by atoms with Crippen LogP contribution in [0.3, 0.4) is 0 Å². The maximum Gasteiger partial charge on any atom is 0.257 e. The lowest BCUT2D eigenvalue weighted by Gasteiger charge is -2.36. The Morgan fingerprint density at radius 2 is 1.98 bits per heavy atom. The van der Waals surface area contributed by atoms with Gasteiger partial charge >= 0.3 is 0 Å². The van der Waals surface area contributed by atoms with Gasteiger partial charge in [-0.25, -0.2) is 19.9 Å². The first kappa shape index (κ1) is 33.1. The molecular formula is C32H40N8O5. The van der Waals surface area contributed by atoms with Gasteiger partial charge in [-0.2, -0.15) is 0 Å². The molecule has 0 unspecified atom stereocenters. The van der Waals surface area contributed by atoms with Gasteiger partial charge in [-0.1, -0.05) is 26.7 Å². The highest BCUT2D eigenvalue weighted by Gasteiger charge is 2.42. The fourth-order valence-corrected chi connectivity index (χ4v) is 4.88. The van der Waals surface area contributed by atoms with Crippen molar-refractivity contribution in [2.75, 3.05) is 37.5 Å². The van der Waals surface area contributed by atoms with E-state index < -0.39 is 35.4 Å². The van der Waals surface area contributed by atoms with Gasteiger partial charge in [0.2, 0.25) is 11.8 Å². The van der Waals surface area contributed by atoms with Gasteiger partial charge in [0.1, 0.15) is 23.9 Å². The van der Waals surface area contributed by atoms with E-state index in [1.54, 1.807) is 44.4 Å². The van der Waals surface area contributed by atoms with Crippen molar-refractivity contribution in [3.05, 3.63) is 36.8 Å². The summed E-state index contributed by atoms with van der Waals surface area (Å²) in [4.78, 5) is 55.9. The van der Waals surface area contributed by atoms with Gasteiger partial charge in [0.15, 0.2) is 6.61 Å². The average molecular weight is 617 g/mol. The molecule has 1 aliphatic rings. The molecule has 3 heterocycles. The molecule has 3 aromatic rings. The molecule has 13 nitrogen and oxygen atoms in total. The molecule has 1 aliphatic heterocycles. The summed E-state index contributed by atoms with van der Waals surface area (Å²) in [5.41, 5.74) is 0.573. The van der Waals surface area contributed by atoms with Crippen molar-refractivity contribution < 1.29 is 23.9 Å². The number of nitrogens with one attached hydrogen (secondary N) is 4. The molecule has 0 radical (unpaired) electrons. The molecular weight excluding hydrogens is 576 g/mol. The van der Waals surface area contributed by atoms with Crippen LogP contribution in [0.15, 0.2) is 36.8 Å². The van der Waals surface area contributed by atoms with Crippen molar-refractivity contribution >= 4 is 45.8 Å². The lowest BCUT2D eigenvalue weighted by atomic mass is 9.85. The molecule has 1 fully saturated rings. The van der Waals surface area contributed by atoms with Crippen LogP contribution in [0.1, 0.15) is 40.5 Å². The number of methoxy groups -OCH3 is 1. The molecule has 0 saturated carbocycles. The standard InChI is InChI=1S/C32H40N8O5/c1-8-14-45-26-12-11-20(17-35-26)38-28-21-15-24(25(44-7)16-23(21)36-18-37-28)40(30(42)22-10-9-13-34-22)31(43)27(32(3,4)5)39-29(41)19(2)33-6/h1,11-12,15-19,22,27,33-34H,9-10,13-14H2,2-7H3,(H,39,41)(H,36,37,38)/t19-,22-,27+/m0/s1. The topological polar surface area (TPSA) is 160 Å². The van der Waals surface area contributed by atoms with Gasteiger partial charge in [-0.15, -0.1) is 6.42 Å². The summed E-state index contributed by atoms with van der Waals surface area (Å²) < 4.78 is 11.1. The summed E-state index contributed by atoms with van der Waals surface area (Å²) in [5.74, 6) is 2.03. The van der Waals surface area contributed by atoms with Crippen LogP contribution < -0.4 is 35.6 Å². The van der Waals surface area contributed by atoms with E-state index in [1.807, 2.05) is 20.8 Å². The van der Waals surface area contributed by atoms with Crippen LogP contribution in [0.5, 0.6) is 11.6 Å². The number of anilines is 3. The summed E-state index contributed by atoms with van der Waals surface area (Å²) in [6.07, 6.45) is 9.57. The number of terminal acetylenes is 1. The second kappa shape index (κ2) is 14.3. The summed E-state index contributed by atoms with van der Waals surface area (Å²) in [6.45, 7) is 7.94. The fourth-order valence-electron chi connectivity index (χ4n) is 4.88. The number of hydrogen-bond acceptors (Lipinski definition) is 11. The number of likely N-dealkylation sites (N-methyl/N-ethyl adjacent to an activating group) is 1. The van der Waals surface area contributed by atoms with Crippen molar-refractivity contribution in [2.24, 2.45) is 5.41 Å². The number of nitrogens with zero attached hydrogens (tertiary/aromatic N) is 4. The number of hydrogen-bond donors (Lipinski definition) is 4. The highest BCUT2D eigenvalue weighted by molar-refractivity contribution is 6.20. The van der Waals surface area contributed by atoms with Crippen LogP contribution >= 0.6 is 0 Å². The zero-order valence-electron chi connectivity index (χ0n) is 26.4. The first-order valence-electron chi connectivity index (χ1n) is 14.7. The third kappa shape index (κ3) is 7.65. The summed E-state index contributed by atoms with van der Waals surface area (Å²) in [5, 5.41) is 12.7. The number of ether oxygens (including phenoxy) is 2. The molecule has 13 heteroatoms. The minimum absolute atomic E-state index is 0.0967. The van der Waals surface area contributed by atoms with E-state index in [-0.39, 0.29) is 24.0 Å². The van der Waals surface area contributed by atoms with E-state index in [0.717, 1.165) is 11.3 Å². The Balaban J connectivity index is 1.82. The number of imide groups is 1. The Kier molecular flexibility index (Phi) is 10.5. The Bertz CT molecular complexity index is 1580. The number of pyridine rings is 1. The zero-order chi connectivity index (χ0) is 32.7. The van der Waals surface area contributed by atoms with E-state index in [0.29, 0.717) is 41.3 Å². The first-order valence-corrected chi connectivity index (χ1v) is 14.7. The average Bonchev–Trinajstić information content (AvgIpc) is 3.57. The third-order valence-electron chi connectivity index (χ3n) is 7.50. The smallest absolute Gasteiger partial charge is 0.257 e. The summed E-state index contributed by atoms with van der Waals surface area (Å²) in [7, 11) is 3.12.